The first-order valence-corrected chi connectivity index (χ1v) is 13.8. The highest BCUT2D eigenvalue weighted by atomic mass is 16.5. The zero-order valence-electron chi connectivity index (χ0n) is 23.0. The van der Waals surface area contributed by atoms with Gasteiger partial charge in [0.05, 0.1) is 6.04 Å². The van der Waals surface area contributed by atoms with Crippen LogP contribution in [-0.4, -0.2) is 78.1 Å². The third-order valence-electron chi connectivity index (χ3n) is 9.72. The molecule has 1 amide bonds. The number of phenols is 1. The summed E-state index contributed by atoms with van der Waals surface area (Å²) in [5, 5.41) is 10.9. The molecular formula is C32H39N3O3. The van der Waals surface area contributed by atoms with Crippen molar-refractivity contribution in [1.82, 2.24) is 14.7 Å². The molecule has 2 fully saturated rings. The summed E-state index contributed by atoms with van der Waals surface area (Å²) in [5.41, 5.74) is 5.64. The summed E-state index contributed by atoms with van der Waals surface area (Å²) >= 11 is 0. The van der Waals surface area contributed by atoms with Gasteiger partial charge in [-0.3, -0.25) is 9.69 Å². The largest absolute Gasteiger partial charge is 0.504 e. The zero-order chi connectivity index (χ0) is 26.8. The molecule has 2 aliphatic heterocycles. The van der Waals surface area contributed by atoms with Crippen LogP contribution in [0.5, 0.6) is 11.5 Å². The lowest BCUT2D eigenvalue weighted by Crippen LogP contribution is -2.69. The number of ether oxygens (including phenoxy) is 1. The quantitative estimate of drug-likeness (QED) is 0.582. The first-order valence-electron chi connectivity index (χ1n) is 13.8. The van der Waals surface area contributed by atoms with Gasteiger partial charge in [-0.05, 0) is 68.3 Å². The molecule has 200 valence electrons. The van der Waals surface area contributed by atoms with Gasteiger partial charge in [-0.15, -0.1) is 0 Å². The lowest BCUT2D eigenvalue weighted by molar-refractivity contribution is -0.135. The molecule has 4 aliphatic rings. The van der Waals surface area contributed by atoms with Crippen LogP contribution in [0, 0.1) is 12.8 Å². The van der Waals surface area contributed by atoms with Crippen LogP contribution in [0.4, 0.5) is 0 Å². The lowest BCUT2D eigenvalue weighted by Gasteiger charge is -2.60. The summed E-state index contributed by atoms with van der Waals surface area (Å²) in [6.45, 7) is 8.19. The van der Waals surface area contributed by atoms with Gasteiger partial charge >= 0.3 is 0 Å². The third-order valence-corrected chi connectivity index (χ3v) is 9.72. The molecule has 38 heavy (non-hydrogen) atoms. The van der Waals surface area contributed by atoms with E-state index in [-0.39, 0.29) is 29.2 Å². The second-order valence-electron chi connectivity index (χ2n) is 11.9. The molecule has 5 atom stereocenters. The average Bonchev–Trinajstić information content (AvgIpc) is 3.25. The number of amides is 1. The van der Waals surface area contributed by atoms with Crippen molar-refractivity contribution in [3.8, 4) is 11.5 Å². The highest BCUT2D eigenvalue weighted by Crippen LogP contribution is 2.64. The molecule has 1 N–H and O–H groups in total. The number of phenolic OH excluding ortho intramolecular Hbond substituents is 1. The van der Waals surface area contributed by atoms with E-state index in [9.17, 15) is 9.90 Å². The maximum atomic E-state index is 13.4. The minimum Gasteiger partial charge on any atom is -0.504 e. The van der Waals surface area contributed by atoms with E-state index < -0.39 is 0 Å². The number of aromatic hydroxyl groups is 1. The van der Waals surface area contributed by atoms with E-state index in [0.717, 1.165) is 50.0 Å². The predicted octanol–water partition coefficient (Wildman–Crippen LogP) is 4.36. The molecule has 0 unspecified atom stereocenters. The number of piperidine rings is 1. The summed E-state index contributed by atoms with van der Waals surface area (Å²) in [6, 6.07) is 12.4. The summed E-state index contributed by atoms with van der Waals surface area (Å²) in [6.07, 6.45) is 7.27. The molecule has 0 radical (unpaired) electrons. The molecule has 6 heteroatoms. The number of hydrogen-bond acceptors (Lipinski definition) is 5. The van der Waals surface area contributed by atoms with Crippen LogP contribution in [0.1, 0.15) is 41.5 Å². The molecule has 2 bridgehead atoms. The molecule has 1 saturated carbocycles. The number of likely N-dealkylation sites (tertiary alicyclic amines) is 1. The Labute approximate surface area is 226 Å². The maximum Gasteiger partial charge on any atom is 0.246 e. The Morgan fingerprint density at radius 1 is 1.24 bits per heavy atom. The molecule has 2 aromatic rings. The number of carbonyl (C=O) groups is 1. The highest BCUT2D eigenvalue weighted by molar-refractivity contribution is 5.92. The summed E-state index contributed by atoms with van der Waals surface area (Å²) in [4.78, 5) is 20.0. The molecule has 2 aromatic carbocycles. The number of likely N-dealkylation sites (N-methyl/N-ethyl adjacent to an activating group) is 2. The number of rotatable bonds is 6. The molecule has 6 rings (SSSR count). The van der Waals surface area contributed by atoms with Crippen molar-refractivity contribution in [2.75, 3.05) is 34.2 Å². The van der Waals surface area contributed by atoms with Crippen molar-refractivity contribution >= 4 is 12.0 Å². The Morgan fingerprint density at radius 3 is 2.82 bits per heavy atom. The standard InChI is InChI=1S/C32H39N3O3/c1-20-7-6-8-22(17-20)9-14-28(37)34(5)25-12-11-24-26-18-23-10-13-27(36)30-29(23)32(24,31(25)38-30)15-16-35(26)19-21(2)33(3)4/h6-10,13-14,17,24-26,31,36H,2,11-12,15-16,18-19H2,1,3-5H3/t24-,25-,26+,31-,32-/m0/s1. The minimum absolute atomic E-state index is 0.0116. The second-order valence-corrected chi connectivity index (χ2v) is 11.9. The van der Waals surface area contributed by atoms with E-state index in [1.165, 1.54) is 16.7 Å². The van der Waals surface area contributed by atoms with E-state index in [1.807, 2.05) is 30.2 Å². The van der Waals surface area contributed by atoms with E-state index in [0.29, 0.717) is 17.7 Å². The van der Waals surface area contributed by atoms with Gasteiger partial charge in [-0.25, -0.2) is 0 Å². The van der Waals surface area contributed by atoms with Gasteiger partial charge in [-0.1, -0.05) is 42.5 Å². The van der Waals surface area contributed by atoms with Gasteiger partial charge in [0.25, 0.3) is 0 Å². The smallest absolute Gasteiger partial charge is 0.246 e. The van der Waals surface area contributed by atoms with E-state index in [2.05, 4.69) is 55.6 Å². The summed E-state index contributed by atoms with van der Waals surface area (Å²) in [7, 11) is 6.03. The average molecular weight is 514 g/mol. The normalized spacial score (nSPS) is 29.1. The fourth-order valence-corrected chi connectivity index (χ4v) is 7.79. The number of nitrogens with zero attached hydrogens (tertiary/aromatic N) is 3. The monoisotopic (exact) mass is 513 g/mol. The molecule has 2 heterocycles. The van der Waals surface area contributed by atoms with Crippen LogP contribution < -0.4 is 4.74 Å². The van der Waals surface area contributed by atoms with Crippen LogP contribution in [0.3, 0.4) is 0 Å². The Morgan fingerprint density at radius 2 is 2.05 bits per heavy atom. The molecule has 0 aromatic heterocycles. The maximum absolute atomic E-state index is 13.4. The second kappa shape index (κ2) is 9.19. The van der Waals surface area contributed by atoms with Crippen LogP contribution in [-0.2, 0) is 16.6 Å². The molecule has 1 spiro atoms. The summed E-state index contributed by atoms with van der Waals surface area (Å²) in [5.74, 6) is 1.29. The van der Waals surface area contributed by atoms with Crippen LogP contribution in [0.15, 0.2) is 54.8 Å². The Balaban J connectivity index is 1.33. The number of aryl methyl sites for hydroxylation is 1. The predicted molar refractivity (Wildman–Crippen MR) is 150 cm³/mol. The summed E-state index contributed by atoms with van der Waals surface area (Å²) < 4.78 is 6.71. The first kappa shape index (κ1) is 25.1. The SMILES string of the molecule is C=C(CN1CC[C@]23c4c5ccc(O)c4O[C@H]2[C@@H](N(C)C(=O)C=Cc2cccc(C)c2)CC[C@H]3[C@H]1C5)N(C)C. The highest BCUT2D eigenvalue weighted by Gasteiger charge is 2.66. The number of hydrogen-bond donors (Lipinski definition) is 1. The van der Waals surface area contributed by atoms with Gasteiger partial charge < -0.3 is 19.6 Å². The zero-order valence-corrected chi connectivity index (χ0v) is 23.0. The molecule has 1 saturated heterocycles. The van der Waals surface area contributed by atoms with Crippen LogP contribution in [0.25, 0.3) is 6.08 Å². The number of benzene rings is 2. The minimum atomic E-state index is -0.181. The van der Waals surface area contributed by atoms with Crippen molar-refractivity contribution in [3.05, 3.63) is 77.0 Å². The molecule has 2 aliphatic carbocycles. The van der Waals surface area contributed by atoms with Crippen molar-refractivity contribution < 1.29 is 14.6 Å². The lowest BCUT2D eigenvalue weighted by atomic mass is 9.51. The Bertz CT molecular complexity index is 1320. The van der Waals surface area contributed by atoms with Crippen LogP contribution >= 0.6 is 0 Å². The van der Waals surface area contributed by atoms with Gasteiger partial charge in [0.1, 0.15) is 6.10 Å². The van der Waals surface area contributed by atoms with Crippen molar-refractivity contribution in [1.29, 1.82) is 0 Å². The van der Waals surface area contributed by atoms with Gasteiger partial charge in [0.15, 0.2) is 11.5 Å². The fourth-order valence-electron chi connectivity index (χ4n) is 7.79. The van der Waals surface area contributed by atoms with E-state index in [1.54, 1.807) is 12.1 Å². The van der Waals surface area contributed by atoms with Crippen molar-refractivity contribution in [2.24, 2.45) is 5.92 Å². The van der Waals surface area contributed by atoms with Gasteiger partial charge in [0.2, 0.25) is 5.91 Å². The van der Waals surface area contributed by atoms with Crippen molar-refractivity contribution in [2.45, 2.75) is 56.2 Å². The first-order chi connectivity index (χ1) is 18.2. The van der Waals surface area contributed by atoms with Crippen LogP contribution in [0.2, 0.25) is 0 Å². The van der Waals surface area contributed by atoms with E-state index >= 15 is 0 Å². The molecular weight excluding hydrogens is 474 g/mol. The van der Waals surface area contributed by atoms with E-state index in [4.69, 9.17) is 4.74 Å². The Hall–Kier alpha value is -3.25. The number of carbonyl (C=O) groups excluding carboxylic acids is 1. The topological polar surface area (TPSA) is 56.3 Å². The Kier molecular flexibility index (Phi) is 6.06. The third kappa shape index (κ3) is 3.76. The van der Waals surface area contributed by atoms with Crippen molar-refractivity contribution in [3.63, 3.8) is 0 Å². The molecule has 6 nitrogen and oxygen atoms in total. The fraction of sp³-hybridized carbons (Fsp3) is 0.469. The van der Waals surface area contributed by atoms with Gasteiger partial charge in [0, 0.05) is 56.5 Å². The van der Waals surface area contributed by atoms with Gasteiger partial charge in [-0.2, -0.15) is 0 Å².